The highest BCUT2D eigenvalue weighted by Crippen LogP contribution is 2.38. The van der Waals surface area contributed by atoms with E-state index in [4.69, 9.17) is 19.0 Å². The molecule has 0 radical (unpaired) electrons. The second-order valence-corrected chi connectivity index (χ2v) is 4.88. The Kier molecular flexibility index (Phi) is 5.49. The first-order valence-electron chi connectivity index (χ1n) is 6.96. The summed E-state index contributed by atoms with van der Waals surface area (Å²) in [4.78, 5) is 5.65. The molecule has 1 N–H and O–H groups in total. The van der Waals surface area contributed by atoms with Crippen LogP contribution in [0.3, 0.4) is 0 Å². The summed E-state index contributed by atoms with van der Waals surface area (Å²) >= 11 is 0. The topological polar surface area (TPSA) is 49.0 Å². The van der Waals surface area contributed by atoms with E-state index in [9.17, 15) is 0 Å². The summed E-state index contributed by atoms with van der Waals surface area (Å²) < 4.78 is 15.9. The molecule has 1 aromatic carbocycles. The third kappa shape index (κ3) is 3.55. The first kappa shape index (κ1) is 14.9. The number of hydrogen-bond donors (Lipinski definition) is 1. The highest BCUT2D eigenvalue weighted by molar-refractivity contribution is 5.53. The summed E-state index contributed by atoms with van der Waals surface area (Å²) in [6, 6.07) is 3.85. The molecule has 1 fully saturated rings. The maximum Gasteiger partial charge on any atom is 0.203 e. The van der Waals surface area contributed by atoms with Crippen LogP contribution in [0.25, 0.3) is 0 Å². The Morgan fingerprint density at radius 3 is 2.10 bits per heavy atom. The van der Waals surface area contributed by atoms with Crippen LogP contribution in [0.5, 0.6) is 17.2 Å². The Labute approximate surface area is 120 Å². The molecule has 1 aliphatic rings. The summed E-state index contributed by atoms with van der Waals surface area (Å²) in [6.45, 7) is 0.604. The number of rotatable bonds is 7. The van der Waals surface area contributed by atoms with Crippen LogP contribution in [-0.4, -0.2) is 27.4 Å². The predicted octanol–water partition coefficient (Wildman–Crippen LogP) is 2.68. The first-order valence-corrected chi connectivity index (χ1v) is 6.96. The zero-order valence-electron chi connectivity index (χ0n) is 12.4. The van der Waals surface area contributed by atoms with Gasteiger partial charge in [-0.25, -0.2) is 0 Å². The van der Waals surface area contributed by atoms with Gasteiger partial charge in [-0.05, 0) is 30.5 Å². The summed E-state index contributed by atoms with van der Waals surface area (Å²) in [5.74, 6) is 1.92. The molecule has 1 saturated carbocycles. The zero-order valence-corrected chi connectivity index (χ0v) is 12.4. The van der Waals surface area contributed by atoms with Gasteiger partial charge in [0, 0.05) is 6.54 Å². The molecule has 20 heavy (non-hydrogen) atoms. The summed E-state index contributed by atoms with van der Waals surface area (Å²) in [6.07, 6.45) is 5.15. The Morgan fingerprint density at radius 1 is 1.00 bits per heavy atom. The van der Waals surface area contributed by atoms with Gasteiger partial charge in [0.15, 0.2) is 11.5 Å². The van der Waals surface area contributed by atoms with Crippen LogP contribution in [0.1, 0.15) is 31.2 Å². The molecule has 1 aromatic rings. The van der Waals surface area contributed by atoms with Crippen molar-refractivity contribution >= 4 is 0 Å². The maximum absolute atomic E-state index is 5.65. The predicted molar refractivity (Wildman–Crippen MR) is 76.3 cm³/mol. The molecule has 0 unspecified atom stereocenters. The number of hydrogen-bond acceptors (Lipinski definition) is 5. The van der Waals surface area contributed by atoms with Crippen molar-refractivity contribution in [1.82, 2.24) is 5.48 Å². The fraction of sp³-hybridized carbons (Fsp3) is 0.600. The zero-order chi connectivity index (χ0) is 14.4. The Balaban J connectivity index is 1.99. The van der Waals surface area contributed by atoms with E-state index >= 15 is 0 Å². The second-order valence-electron chi connectivity index (χ2n) is 4.88. The van der Waals surface area contributed by atoms with Crippen molar-refractivity contribution in [2.24, 2.45) is 0 Å². The lowest BCUT2D eigenvalue weighted by Gasteiger charge is -2.15. The van der Waals surface area contributed by atoms with Gasteiger partial charge in [0.05, 0.1) is 27.4 Å². The molecule has 0 spiro atoms. The van der Waals surface area contributed by atoms with Gasteiger partial charge < -0.3 is 14.2 Å². The van der Waals surface area contributed by atoms with Gasteiger partial charge in [-0.15, -0.1) is 0 Å². The van der Waals surface area contributed by atoms with E-state index in [1.54, 1.807) is 21.3 Å². The lowest BCUT2D eigenvalue weighted by Crippen LogP contribution is -2.21. The van der Waals surface area contributed by atoms with Gasteiger partial charge in [0.1, 0.15) is 0 Å². The minimum atomic E-state index is 0.344. The number of methoxy groups -OCH3 is 3. The van der Waals surface area contributed by atoms with Gasteiger partial charge in [-0.1, -0.05) is 12.8 Å². The molecule has 112 valence electrons. The second kappa shape index (κ2) is 7.36. The van der Waals surface area contributed by atoms with Crippen molar-refractivity contribution in [2.75, 3.05) is 21.3 Å². The largest absolute Gasteiger partial charge is 0.493 e. The highest BCUT2D eigenvalue weighted by atomic mass is 16.7. The van der Waals surface area contributed by atoms with Gasteiger partial charge in [-0.2, -0.15) is 5.48 Å². The van der Waals surface area contributed by atoms with Crippen molar-refractivity contribution in [3.8, 4) is 17.2 Å². The standard InChI is InChI=1S/C15H23NO4/c1-17-13-8-11(9-14(18-2)15(13)19-3)10-16-20-12-6-4-5-7-12/h8-9,12,16H,4-7,10H2,1-3H3. The molecule has 5 heteroatoms. The normalized spacial score (nSPS) is 15.3. The van der Waals surface area contributed by atoms with E-state index in [-0.39, 0.29) is 0 Å². The van der Waals surface area contributed by atoms with Gasteiger partial charge >= 0.3 is 0 Å². The summed E-state index contributed by atoms with van der Waals surface area (Å²) in [5.41, 5.74) is 4.06. The van der Waals surface area contributed by atoms with E-state index in [0.29, 0.717) is 29.9 Å². The lowest BCUT2D eigenvalue weighted by atomic mass is 10.2. The molecule has 0 atom stereocenters. The molecule has 0 aromatic heterocycles. The van der Waals surface area contributed by atoms with Gasteiger partial charge in [0.25, 0.3) is 0 Å². The van der Waals surface area contributed by atoms with E-state index in [1.807, 2.05) is 12.1 Å². The molecule has 2 rings (SSSR count). The molecular formula is C15H23NO4. The van der Waals surface area contributed by atoms with Crippen LogP contribution in [0.15, 0.2) is 12.1 Å². The average molecular weight is 281 g/mol. The van der Waals surface area contributed by atoms with Crippen molar-refractivity contribution in [2.45, 2.75) is 38.3 Å². The van der Waals surface area contributed by atoms with Crippen molar-refractivity contribution in [3.05, 3.63) is 17.7 Å². The molecule has 5 nitrogen and oxygen atoms in total. The molecule has 0 heterocycles. The van der Waals surface area contributed by atoms with Crippen LogP contribution in [0, 0.1) is 0 Å². The van der Waals surface area contributed by atoms with Crippen molar-refractivity contribution in [1.29, 1.82) is 0 Å². The third-order valence-electron chi connectivity index (χ3n) is 3.55. The fourth-order valence-corrected chi connectivity index (χ4v) is 2.49. The van der Waals surface area contributed by atoms with Crippen LogP contribution in [-0.2, 0) is 11.4 Å². The van der Waals surface area contributed by atoms with E-state index in [2.05, 4.69) is 5.48 Å². The van der Waals surface area contributed by atoms with Gasteiger partial charge in [0.2, 0.25) is 5.75 Å². The van der Waals surface area contributed by atoms with E-state index in [1.165, 1.54) is 12.8 Å². The molecule has 0 saturated heterocycles. The Morgan fingerprint density at radius 2 is 1.60 bits per heavy atom. The molecule has 0 bridgehead atoms. The average Bonchev–Trinajstić information content (AvgIpc) is 2.99. The smallest absolute Gasteiger partial charge is 0.203 e. The first-order chi connectivity index (χ1) is 9.78. The fourth-order valence-electron chi connectivity index (χ4n) is 2.49. The minimum Gasteiger partial charge on any atom is -0.493 e. The van der Waals surface area contributed by atoms with Crippen LogP contribution in [0.4, 0.5) is 0 Å². The van der Waals surface area contributed by atoms with Crippen LogP contribution < -0.4 is 19.7 Å². The van der Waals surface area contributed by atoms with E-state index < -0.39 is 0 Å². The van der Waals surface area contributed by atoms with Crippen LogP contribution >= 0.6 is 0 Å². The number of benzene rings is 1. The van der Waals surface area contributed by atoms with Crippen molar-refractivity contribution < 1.29 is 19.0 Å². The molecule has 0 aliphatic heterocycles. The summed E-state index contributed by atoms with van der Waals surface area (Å²) in [5, 5.41) is 0. The summed E-state index contributed by atoms with van der Waals surface area (Å²) in [7, 11) is 4.83. The number of hydroxylamine groups is 1. The number of ether oxygens (including phenoxy) is 3. The number of nitrogens with one attached hydrogen (secondary N) is 1. The maximum atomic E-state index is 5.65. The molecular weight excluding hydrogens is 258 g/mol. The monoisotopic (exact) mass is 281 g/mol. The highest BCUT2D eigenvalue weighted by Gasteiger charge is 2.16. The lowest BCUT2D eigenvalue weighted by molar-refractivity contribution is -0.0244. The molecule has 0 amide bonds. The van der Waals surface area contributed by atoms with E-state index in [0.717, 1.165) is 18.4 Å². The van der Waals surface area contributed by atoms with Crippen molar-refractivity contribution in [3.63, 3.8) is 0 Å². The minimum absolute atomic E-state index is 0.344. The third-order valence-corrected chi connectivity index (χ3v) is 3.55. The molecule has 1 aliphatic carbocycles. The quantitative estimate of drug-likeness (QED) is 0.779. The SMILES string of the molecule is COc1cc(CNOC2CCCC2)cc(OC)c1OC. The van der Waals surface area contributed by atoms with Gasteiger partial charge in [-0.3, -0.25) is 4.84 Å². The Bertz CT molecular complexity index is 405. The Hall–Kier alpha value is -1.46. The van der Waals surface area contributed by atoms with Crippen LogP contribution in [0.2, 0.25) is 0 Å².